The topological polar surface area (TPSA) is 110 Å². The van der Waals surface area contributed by atoms with Gasteiger partial charge in [-0.25, -0.2) is 0 Å². The highest BCUT2D eigenvalue weighted by atomic mass is 32.3. The van der Waals surface area contributed by atoms with E-state index < -0.39 is 15.8 Å². The van der Waals surface area contributed by atoms with Gasteiger partial charge in [0.2, 0.25) is 0 Å². The van der Waals surface area contributed by atoms with Gasteiger partial charge < -0.3 is 5.32 Å². The number of hydrogen-bond acceptors (Lipinski definition) is 4. The van der Waals surface area contributed by atoms with Gasteiger partial charge in [-0.1, -0.05) is 62.4 Å². The van der Waals surface area contributed by atoms with Gasteiger partial charge in [-0.2, -0.15) is 13.7 Å². The van der Waals surface area contributed by atoms with Crippen LogP contribution in [-0.2, 0) is 15.8 Å². The lowest BCUT2D eigenvalue weighted by Gasteiger charge is -2.24. The Morgan fingerprint density at radius 1 is 1.04 bits per heavy atom. The molecule has 0 heterocycles. The van der Waals surface area contributed by atoms with Crippen molar-refractivity contribution in [3.8, 4) is 17.2 Å². The van der Waals surface area contributed by atoms with Crippen molar-refractivity contribution in [2.75, 3.05) is 6.54 Å². The van der Waals surface area contributed by atoms with Gasteiger partial charge in [-0.3, -0.25) is 9.11 Å². The smallest absolute Gasteiger partial charge is 0.315 e. The molecule has 1 aliphatic carbocycles. The number of nitrogens with one attached hydrogen (secondary N) is 1. The molecule has 27 heavy (non-hydrogen) atoms. The fourth-order valence-corrected chi connectivity index (χ4v) is 3.52. The predicted octanol–water partition coefficient (Wildman–Crippen LogP) is 3.60. The van der Waals surface area contributed by atoms with Gasteiger partial charge in [0.25, 0.3) is 0 Å². The minimum Gasteiger partial charge on any atom is -0.315 e. The van der Waals surface area contributed by atoms with Gasteiger partial charge in [0.05, 0.1) is 6.07 Å². The lowest BCUT2D eigenvalue weighted by Crippen LogP contribution is -2.28. The molecule has 0 unspecified atom stereocenters. The van der Waals surface area contributed by atoms with Crippen LogP contribution >= 0.6 is 0 Å². The number of nitrogens with zero attached hydrogens (tertiary/aromatic N) is 1. The SMILES string of the molecule is CC(C)NCCCC1(C#N)c2ccccc2-c2ccccc21.O=S(=O)(O)O. The first-order chi connectivity index (χ1) is 12.7. The van der Waals surface area contributed by atoms with E-state index in [4.69, 9.17) is 17.5 Å². The number of hydrogen-bond donors (Lipinski definition) is 3. The van der Waals surface area contributed by atoms with E-state index in [1.54, 1.807) is 0 Å². The van der Waals surface area contributed by atoms with Crippen molar-refractivity contribution in [3.63, 3.8) is 0 Å². The van der Waals surface area contributed by atoms with E-state index in [1.165, 1.54) is 22.3 Å². The van der Waals surface area contributed by atoms with Crippen LogP contribution < -0.4 is 5.32 Å². The van der Waals surface area contributed by atoms with Crippen molar-refractivity contribution in [3.05, 3.63) is 59.7 Å². The number of benzene rings is 2. The second-order valence-electron chi connectivity index (χ2n) is 6.77. The molecule has 0 atom stereocenters. The molecule has 0 spiro atoms. The van der Waals surface area contributed by atoms with Crippen molar-refractivity contribution < 1.29 is 17.5 Å². The molecule has 0 saturated heterocycles. The molecule has 6 nitrogen and oxygen atoms in total. The summed E-state index contributed by atoms with van der Waals surface area (Å²) in [6.45, 7) is 5.26. The molecule has 3 N–H and O–H groups in total. The second-order valence-corrected chi connectivity index (χ2v) is 7.66. The molecule has 0 saturated carbocycles. The highest BCUT2D eigenvalue weighted by Gasteiger charge is 2.42. The maximum atomic E-state index is 10.0. The molecule has 2 aromatic rings. The van der Waals surface area contributed by atoms with Crippen LogP contribution in [0.4, 0.5) is 0 Å². The Morgan fingerprint density at radius 2 is 1.48 bits per heavy atom. The molecule has 7 heteroatoms. The highest BCUT2D eigenvalue weighted by molar-refractivity contribution is 7.79. The number of nitriles is 1. The van der Waals surface area contributed by atoms with Gasteiger partial charge in [-0.15, -0.1) is 0 Å². The Morgan fingerprint density at radius 3 is 1.89 bits per heavy atom. The summed E-state index contributed by atoms with van der Waals surface area (Å²) in [5.41, 5.74) is 4.28. The van der Waals surface area contributed by atoms with Crippen LogP contribution in [0.2, 0.25) is 0 Å². The lowest BCUT2D eigenvalue weighted by molar-refractivity contribution is 0.381. The molecule has 0 aliphatic heterocycles. The summed E-state index contributed by atoms with van der Waals surface area (Å²) >= 11 is 0. The van der Waals surface area contributed by atoms with Crippen molar-refractivity contribution in [2.45, 2.75) is 38.1 Å². The minimum atomic E-state index is -4.67. The van der Waals surface area contributed by atoms with Gasteiger partial charge in [0, 0.05) is 6.04 Å². The first kappa shape index (κ1) is 21.1. The summed E-state index contributed by atoms with van der Waals surface area (Å²) < 4.78 is 31.6. The van der Waals surface area contributed by atoms with Crippen LogP contribution in [0, 0.1) is 11.3 Å². The maximum Gasteiger partial charge on any atom is 0.394 e. The molecule has 0 aromatic heterocycles. The Bertz CT molecular complexity index is 879. The fourth-order valence-electron chi connectivity index (χ4n) is 3.52. The van der Waals surface area contributed by atoms with Crippen molar-refractivity contribution in [1.82, 2.24) is 5.32 Å². The molecule has 2 aromatic carbocycles. The molecule has 0 amide bonds. The summed E-state index contributed by atoms with van der Waals surface area (Å²) in [5.74, 6) is 0. The maximum absolute atomic E-state index is 10.0. The molecule has 0 fully saturated rings. The molecule has 0 radical (unpaired) electrons. The Hall–Kier alpha value is -2.24. The summed E-state index contributed by atoms with van der Waals surface area (Å²) in [6, 6.07) is 19.9. The van der Waals surface area contributed by atoms with Gasteiger partial charge in [0.1, 0.15) is 5.41 Å². The zero-order valence-corrected chi connectivity index (χ0v) is 16.2. The standard InChI is InChI=1S/C20H22N2.H2O4S/c1-15(2)22-13-7-12-20(14-21)18-10-5-3-8-16(18)17-9-4-6-11-19(17)20;1-5(2,3)4/h3-6,8-11,15,22H,7,12-13H2,1-2H3;(H2,1,2,3,4). The minimum absolute atomic E-state index is 0.487. The first-order valence-electron chi connectivity index (χ1n) is 8.73. The Labute approximate surface area is 160 Å². The average molecular weight is 388 g/mol. The van der Waals surface area contributed by atoms with Gasteiger partial charge >= 0.3 is 10.4 Å². The molecular weight excluding hydrogens is 364 g/mol. The van der Waals surface area contributed by atoms with Crippen LogP contribution in [0.5, 0.6) is 0 Å². The van der Waals surface area contributed by atoms with Gasteiger partial charge in [0.15, 0.2) is 0 Å². The fraction of sp³-hybridized carbons (Fsp3) is 0.350. The summed E-state index contributed by atoms with van der Waals surface area (Å²) in [4.78, 5) is 0. The average Bonchev–Trinajstić information content (AvgIpc) is 2.88. The van der Waals surface area contributed by atoms with E-state index in [0.717, 1.165) is 19.4 Å². The zero-order valence-electron chi connectivity index (χ0n) is 15.4. The highest BCUT2D eigenvalue weighted by Crippen LogP contribution is 2.50. The van der Waals surface area contributed by atoms with Crippen molar-refractivity contribution in [1.29, 1.82) is 5.26 Å². The van der Waals surface area contributed by atoms with Crippen LogP contribution in [0.1, 0.15) is 37.8 Å². The van der Waals surface area contributed by atoms with E-state index in [2.05, 4.69) is 61.6 Å². The third kappa shape index (κ3) is 5.15. The second kappa shape index (κ2) is 8.63. The molecule has 0 bridgehead atoms. The van der Waals surface area contributed by atoms with Crippen molar-refractivity contribution >= 4 is 10.4 Å². The quantitative estimate of drug-likeness (QED) is 0.533. The number of rotatable bonds is 5. The van der Waals surface area contributed by atoms with Crippen molar-refractivity contribution in [2.24, 2.45) is 0 Å². The lowest BCUT2D eigenvalue weighted by atomic mass is 9.76. The monoisotopic (exact) mass is 388 g/mol. The van der Waals surface area contributed by atoms with E-state index in [1.807, 2.05) is 12.1 Å². The summed E-state index contributed by atoms with van der Waals surface area (Å²) in [6.07, 6.45) is 1.85. The first-order valence-corrected chi connectivity index (χ1v) is 10.1. The van der Waals surface area contributed by atoms with Crippen LogP contribution in [0.3, 0.4) is 0 Å². The van der Waals surface area contributed by atoms with E-state index in [0.29, 0.717) is 6.04 Å². The van der Waals surface area contributed by atoms with E-state index in [9.17, 15) is 5.26 Å². The van der Waals surface area contributed by atoms with Crippen LogP contribution in [0.25, 0.3) is 11.1 Å². The normalized spacial score (nSPS) is 13.9. The van der Waals surface area contributed by atoms with E-state index in [-0.39, 0.29) is 0 Å². The molecule has 144 valence electrons. The number of fused-ring (bicyclic) bond motifs is 3. The Balaban J connectivity index is 0.000000465. The third-order valence-corrected chi connectivity index (χ3v) is 4.54. The third-order valence-electron chi connectivity index (χ3n) is 4.54. The van der Waals surface area contributed by atoms with Crippen LogP contribution in [-0.4, -0.2) is 30.1 Å². The zero-order chi connectivity index (χ0) is 20.1. The largest absolute Gasteiger partial charge is 0.394 e. The van der Waals surface area contributed by atoms with E-state index >= 15 is 0 Å². The molecule has 3 rings (SSSR count). The molecule has 1 aliphatic rings. The van der Waals surface area contributed by atoms with Gasteiger partial charge in [-0.05, 0) is 41.6 Å². The summed E-state index contributed by atoms with van der Waals surface area (Å²) in [5, 5.41) is 13.5. The predicted molar refractivity (Wildman–Crippen MR) is 105 cm³/mol. The van der Waals surface area contributed by atoms with Crippen LogP contribution in [0.15, 0.2) is 48.5 Å². The Kier molecular flexibility index (Phi) is 6.73. The summed E-state index contributed by atoms with van der Waals surface area (Å²) in [7, 11) is -4.67. The molecular formula is C20H24N2O4S.